The van der Waals surface area contributed by atoms with Crippen molar-refractivity contribution in [1.82, 2.24) is 9.80 Å². The summed E-state index contributed by atoms with van der Waals surface area (Å²) in [6.07, 6.45) is 0.805. The second kappa shape index (κ2) is 12.2. The van der Waals surface area contributed by atoms with E-state index in [1.807, 2.05) is 49.9 Å². The first-order valence-electron chi connectivity index (χ1n) is 12.2. The van der Waals surface area contributed by atoms with Crippen LogP contribution in [0.3, 0.4) is 0 Å². The summed E-state index contributed by atoms with van der Waals surface area (Å²) in [6, 6.07) is 14.9. The number of benzene rings is 2. The normalized spacial score (nSPS) is 13.5. The summed E-state index contributed by atoms with van der Waals surface area (Å²) in [6.45, 7) is 9.04. The summed E-state index contributed by atoms with van der Waals surface area (Å²) in [5, 5.41) is 2.89. The molecule has 1 saturated heterocycles. The van der Waals surface area contributed by atoms with E-state index in [4.69, 9.17) is 4.74 Å². The van der Waals surface area contributed by atoms with Gasteiger partial charge >= 0.3 is 0 Å². The van der Waals surface area contributed by atoms with Crippen molar-refractivity contribution in [3.05, 3.63) is 54.1 Å². The Hall–Kier alpha value is -3.55. The minimum absolute atomic E-state index is 0.0121. The highest BCUT2D eigenvalue weighted by Crippen LogP contribution is 2.21. The van der Waals surface area contributed by atoms with Gasteiger partial charge in [0.15, 0.2) is 0 Å². The van der Waals surface area contributed by atoms with Crippen molar-refractivity contribution in [3.63, 3.8) is 0 Å². The van der Waals surface area contributed by atoms with E-state index >= 15 is 0 Å². The summed E-state index contributed by atoms with van der Waals surface area (Å²) in [5.74, 6) is 0.403. The van der Waals surface area contributed by atoms with Crippen LogP contribution in [0.25, 0.3) is 0 Å². The summed E-state index contributed by atoms with van der Waals surface area (Å²) in [7, 11) is 1.60. The average Bonchev–Trinajstić information content (AvgIpc) is 2.88. The molecule has 0 unspecified atom stereocenters. The van der Waals surface area contributed by atoms with E-state index in [1.54, 1.807) is 36.3 Å². The van der Waals surface area contributed by atoms with Crippen LogP contribution >= 0.6 is 0 Å². The highest BCUT2D eigenvalue weighted by Gasteiger charge is 2.23. The number of nitrogens with one attached hydrogen (secondary N) is 1. The van der Waals surface area contributed by atoms with Crippen LogP contribution in [0.15, 0.2) is 48.5 Å². The first-order valence-corrected chi connectivity index (χ1v) is 12.2. The number of amides is 3. The SMILES string of the molecule is CCCN(CC(=O)Nc1ccc(N2CCN(C(=O)c3ccc(OC)cc3)CC2)cc1)C(=O)C(C)C. The molecule has 1 heterocycles. The monoisotopic (exact) mass is 480 g/mol. The smallest absolute Gasteiger partial charge is 0.253 e. The Kier molecular flexibility index (Phi) is 9.11. The molecule has 0 spiro atoms. The fourth-order valence-electron chi connectivity index (χ4n) is 4.12. The third-order valence-corrected chi connectivity index (χ3v) is 6.05. The number of rotatable bonds is 9. The van der Waals surface area contributed by atoms with Crippen molar-refractivity contribution in [1.29, 1.82) is 0 Å². The van der Waals surface area contributed by atoms with E-state index in [9.17, 15) is 14.4 Å². The molecule has 0 aromatic heterocycles. The molecular formula is C27H36N4O4. The summed E-state index contributed by atoms with van der Waals surface area (Å²) < 4.78 is 5.16. The predicted octanol–water partition coefficient (Wildman–Crippen LogP) is 3.49. The van der Waals surface area contributed by atoms with Crippen LogP contribution in [-0.4, -0.2) is 73.9 Å². The van der Waals surface area contributed by atoms with Gasteiger partial charge in [0.2, 0.25) is 11.8 Å². The quantitative estimate of drug-likeness (QED) is 0.594. The van der Waals surface area contributed by atoms with Gasteiger partial charge in [-0.25, -0.2) is 0 Å². The van der Waals surface area contributed by atoms with Crippen molar-refractivity contribution >= 4 is 29.1 Å². The summed E-state index contributed by atoms with van der Waals surface area (Å²) >= 11 is 0. The lowest BCUT2D eigenvalue weighted by molar-refractivity contribution is -0.137. The van der Waals surface area contributed by atoms with Crippen LogP contribution in [0, 0.1) is 5.92 Å². The van der Waals surface area contributed by atoms with Gasteiger partial charge in [-0.05, 0) is 55.0 Å². The maximum atomic E-state index is 12.8. The molecule has 0 aliphatic carbocycles. The largest absolute Gasteiger partial charge is 0.497 e. The molecule has 35 heavy (non-hydrogen) atoms. The van der Waals surface area contributed by atoms with Gasteiger partial charge in [0.1, 0.15) is 5.75 Å². The van der Waals surface area contributed by atoms with Crippen molar-refractivity contribution in [2.45, 2.75) is 27.2 Å². The second-order valence-electron chi connectivity index (χ2n) is 9.02. The van der Waals surface area contributed by atoms with Gasteiger partial charge in [0.25, 0.3) is 5.91 Å². The topological polar surface area (TPSA) is 82.2 Å². The zero-order valence-corrected chi connectivity index (χ0v) is 21.1. The minimum atomic E-state index is -0.203. The number of hydrogen-bond donors (Lipinski definition) is 1. The molecule has 8 nitrogen and oxygen atoms in total. The molecule has 1 fully saturated rings. The molecule has 0 atom stereocenters. The number of carbonyl (C=O) groups excluding carboxylic acids is 3. The maximum absolute atomic E-state index is 12.8. The molecule has 0 radical (unpaired) electrons. The van der Waals surface area contributed by atoms with Gasteiger partial charge in [0.05, 0.1) is 13.7 Å². The standard InChI is InChI=1S/C27H36N4O4/c1-5-14-31(26(33)20(2)3)19-25(32)28-22-8-10-23(11-9-22)29-15-17-30(18-16-29)27(34)21-6-12-24(35-4)13-7-21/h6-13,20H,5,14-19H2,1-4H3,(H,28,32). The Labute approximate surface area is 207 Å². The average molecular weight is 481 g/mol. The fraction of sp³-hybridized carbons (Fsp3) is 0.444. The Balaban J connectivity index is 1.51. The van der Waals surface area contributed by atoms with Gasteiger partial charge < -0.3 is 24.8 Å². The van der Waals surface area contributed by atoms with Gasteiger partial charge in [-0.1, -0.05) is 20.8 Å². The third-order valence-electron chi connectivity index (χ3n) is 6.05. The molecule has 3 amide bonds. The van der Waals surface area contributed by atoms with Gasteiger partial charge in [-0.15, -0.1) is 0 Å². The third kappa shape index (κ3) is 6.97. The van der Waals surface area contributed by atoms with Crippen molar-refractivity contribution in [2.24, 2.45) is 5.92 Å². The van der Waals surface area contributed by atoms with Crippen molar-refractivity contribution < 1.29 is 19.1 Å². The van der Waals surface area contributed by atoms with Crippen LogP contribution in [0.1, 0.15) is 37.6 Å². The predicted molar refractivity (Wildman–Crippen MR) is 138 cm³/mol. The first kappa shape index (κ1) is 26.1. The lowest BCUT2D eigenvalue weighted by atomic mass is 10.1. The van der Waals surface area contributed by atoms with E-state index in [0.29, 0.717) is 30.9 Å². The molecule has 1 N–H and O–H groups in total. The van der Waals surface area contributed by atoms with Crippen LogP contribution < -0.4 is 15.0 Å². The summed E-state index contributed by atoms with van der Waals surface area (Å²) in [5.41, 5.74) is 2.40. The van der Waals surface area contributed by atoms with Crippen LogP contribution in [0.4, 0.5) is 11.4 Å². The van der Waals surface area contributed by atoms with Gasteiger partial charge in [0, 0.05) is 55.6 Å². The number of methoxy groups -OCH3 is 1. The van der Waals surface area contributed by atoms with Crippen LogP contribution in [0.5, 0.6) is 5.75 Å². The van der Waals surface area contributed by atoms with E-state index in [0.717, 1.165) is 30.9 Å². The van der Waals surface area contributed by atoms with Gasteiger partial charge in [-0.3, -0.25) is 14.4 Å². The lowest BCUT2D eigenvalue weighted by Crippen LogP contribution is -2.48. The first-order chi connectivity index (χ1) is 16.8. The fourth-order valence-corrected chi connectivity index (χ4v) is 4.12. The Bertz CT molecular complexity index is 997. The molecule has 1 aliphatic rings. The van der Waals surface area contributed by atoms with E-state index in [2.05, 4.69) is 10.2 Å². The number of nitrogens with zero attached hydrogens (tertiary/aromatic N) is 3. The number of ether oxygens (including phenoxy) is 1. The molecule has 8 heteroatoms. The van der Waals surface area contributed by atoms with Crippen LogP contribution in [-0.2, 0) is 9.59 Å². The molecule has 2 aromatic rings. The molecule has 1 aliphatic heterocycles. The zero-order chi connectivity index (χ0) is 25.4. The zero-order valence-electron chi connectivity index (χ0n) is 21.1. The number of piperazine rings is 1. The molecule has 0 saturated carbocycles. The highest BCUT2D eigenvalue weighted by molar-refractivity contribution is 5.95. The number of carbonyl (C=O) groups is 3. The van der Waals surface area contributed by atoms with Crippen molar-refractivity contribution in [3.8, 4) is 5.75 Å². The Morgan fingerprint density at radius 2 is 1.60 bits per heavy atom. The van der Waals surface area contributed by atoms with Crippen molar-refractivity contribution in [2.75, 3.05) is 56.6 Å². The molecule has 2 aromatic carbocycles. The highest BCUT2D eigenvalue weighted by atomic mass is 16.5. The second-order valence-corrected chi connectivity index (χ2v) is 9.02. The van der Waals surface area contributed by atoms with E-state index in [-0.39, 0.29) is 30.2 Å². The molecule has 0 bridgehead atoms. The minimum Gasteiger partial charge on any atom is -0.497 e. The van der Waals surface area contributed by atoms with E-state index in [1.165, 1.54) is 0 Å². The van der Waals surface area contributed by atoms with E-state index < -0.39 is 0 Å². The maximum Gasteiger partial charge on any atom is 0.253 e. The molecular weight excluding hydrogens is 444 g/mol. The van der Waals surface area contributed by atoms with Gasteiger partial charge in [-0.2, -0.15) is 0 Å². The molecule has 3 rings (SSSR count). The Morgan fingerprint density at radius 1 is 0.971 bits per heavy atom. The number of anilines is 2. The molecule has 188 valence electrons. The number of hydrogen-bond acceptors (Lipinski definition) is 5. The summed E-state index contributed by atoms with van der Waals surface area (Å²) in [4.78, 5) is 43.3. The lowest BCUT2D eigenvalue weighted by Gasteiger charge is -2.36. The van der Waals surface area contributed by atoms with Crippen LogP contribution in [0.2, 0.25) is 0 Å². The Morgan fingerprint density at radius 3 is 2.14 bits per heavy atom.